The van der Waals surface area contributed by atoms with Crippen molar-refractivity contribution in [2.45, 2.75) is 19.3 Å². The van der Waals surface area contributed by atoms with Crippen molar-refractivity contribution in [3.8, 4) is 0 Å². The van der Waals surface area contributed by atoms with E-state index in [4.69, 9.17) is 0 Å². The Kier molecular flexibility index (Phi) is 6.16. The quantitative estimate of drug-likeness (QED) is 0.822. The van der Waals surface area contributed by atoms with Crippen LogP contribution in [0.2, 0.25) is 0 Å². The molecule has 2 aliphatic rings. The topological polar surface area (TPSA) is 73.0 Å². The fraction of sp³-hybridized carbons (Fsp3) is 0.348. The zero-order valence-electron chi connectivity index (χ0n) is 17.2. The van der Waals surface area contributed by atoms with Crippen LogP contribution in [-0.4, -0.2) is 60.4 Å². The predicted octanol–water partition coefficient (Wildman–Crippen LogP) is 3.33. The Labute approximate surface area is 180 Å². The third-order valence-corrected chi connectivity index (χ3v) is 5.64. The van der Waals surface area contributed by atoms with Gasteiger partial charge < -0.3 is 20.0 Å². The molecule has 4 amide bonds. The van der Waals surface area contributed by atoms with Crippen molar-refractivity contribution in [2.24, 2.45) is 0 Å². The van der Waals surface area contributed by atoms with Gasteiger partial charge in [0.15, 0.2) is 0 Å². The van der Waals surface area contributed by atoms with Gasteiger partial charge in [0, 0.05) is 56.1 Å². The number of carbonyl (C=O) groups excluding carboxylic acids is 3. The molecule has 0 aliphatic carbocycles. The summed E-state index contributed by atoms with van der Waals surface area (Å²) in [6.07, 6.45) is 2.05. The maximum Gasteiger partial charge on any atom is 0.321 e. The van der Waals surface area contributed by atoms with Crippen molar-refractivity contribution < 1.29 is 18.8 Å². The van der Waals surface area contributed by atoms with Crippen LogP contribution in [0.1, 0.15) is 29.6 Å². The van der Waals surface area contributed by atoms with Crippen molar-refractivity contribution >= 4 is 29.2 Å². The highest BCUT2D eigenvalue weighted by atomic mass is 19.1. The third kappa shape index (κ3) is 4.84. The second-order valence-electron chi connectivity index (χ2n) is 7.77. The highest BCUT2D eigenvalue weighted by Crippen LogP contribution is 2.24. The van der Waals surface area contributed by atoms with Crippen LogP contribution in [-0.2, 0) is 4.79 Å². The molecule has 8 heteroatoms. The minimum atomic E-state index is -0.381. The summed E-state index contributed by atoms with van der Waals surface area (Å²) >= 11 is 0. The van der Waals surface area contributed by atoms with E-state index in [-0.39, 0.29) is 23.7 Å². The molecule has 7 nitrogen and oxygen atoms in total. The molecule has 0 radical (unpaired) electrons. The van der Waals surface area contributed by atoms with Crippen molar-refractivity contribution in [3.05, 3.63) is 59.9 Å². The summed E-state index contributed by atoms with van der Waals surface area (Å²) in [4.78, 5) is 42.6. The third-order valence-electron chi connectivity index (χ3n) is 5.64. The van der Waals surface area contributed by atoms with E-state index in [1.807, 2.05) is 18.2 Å². The molecule has 4 rings (SSSR count). The Morgan fingerprint density at radius 1 is 0.871 bits per heavy atom. The summed E-state index contributed by atoms with van der Waals surface area (Å²) in [7, 11) is 0. The van der Waals surface area contributed by atoms with Crippen LogP contribution in [0.3, 0.4) is 0 Å². The molecule has 0 atom stereocenters. The molecule has 0 spiro atoms. The number of carbonyl (C=O) groups is 3. The molecule has 31 heavy (non-hydrogen) atoms. The van der Waals surface area contributed by atoms with Crippen LogP contribution in [0.15, 0.2) is 48.5 Å². The van der Waals surface area contributed by atoms with E-state index in [0.717, 1.165) is 12.1 Å². The average molecular weight is 424 g/mol. The Bertz CT molecular complexity index is 979. The molecule has 2 saturated heterocycles. The summed E-state index contributed by atoms with van der Waals surface area (Å²) in [5, 5.41) is 2.90. The minimum absolute atomic E-state index is 0.0990. The van der Waals surface area contributed by atoms with Crippen LogP contribution in [0.4, 0.5) is 20.6 Å². The molecule has 0 bridgehead atoms. The van der Waals surface area contributed by atoms with E-state index in [2.05, 4.69) is 5.32 Å². The first-order chi connectivity index (χ1) is 15.0. The number of halogens is 1. The van der Waals surface area contributed by atoms with Crippen LogP contribution in [0.5, 0.6) is 0 Å². The summed E-state index contributed by atoms with van der Waals surface area (Å²) in [6.45, 7) is 2.57. The smallest absolute Gasteiger partial charge is 0.321 e. The van der Waals surface area contributed by atoms with Crippen LogP contribution >= 0.6 is 0 Å². The zero-order valence-corrected chi connectivity index (χ0v) is 17.2. The van der Waals surface area contributed by atoms with Crippen molar-refractivity contribution in [3.63, 3.8) is 0 Å². The summed E-state index contributed by atoms with van der Waals surface area (Å²) in [5.41, 5.74) is 1.85. The van der Waals surface area contributed by atoms with Crippen LogP contribution in [0, 0.1) is 5.82 Å². The van der Waals surface area contributed by atoms with Gasteiger partial charge in [0.25, 0.3) is 5.91 Å². The van der Waals surface area contributed by atoms with Crippen molar-refractivity contribution in [1.82, 2.24) is 9.80 Å². The molecular formula is C23H25FN4O3. The molecule has 0 unspecified atom stereocenters. The lowest BCUT2D eigenvalue weighted by molar-refractivity contribution is -0.117. The van der Waals surface area contributed by atoms with Gasteiger partial charge in [0.05, 0.1) is 0 Å². The largest absolute Gasteiger partial charge is 0.337 e. The first-order valence-electron chi connectivity index (χ1n) is 10.5. The maximum atomic E-state index is 13.1. The minimum Gasteiger partial charge on any atom is -0.337 e. The number of hydrogen-bond acceptors (Lipinski definition) is 3. The molecule has 0 aromatic heterocycles. The number of anilines is 2. The molecular weight excluding hydrogens is 399 g/mol. The van der Waals surface area contributed by atoms with Gasteiger partial charge in [-0.1, -0.05) is 6.07 Å². The maximum absolute atomic E-state index is 13.1. The van der Waals surface area contributed by atoms with Gasteiger partial charge in [-0.15, -0.1) is 0 Å². The first kappa shape index (κ1) is 20.8. The molecule has 2 aliphatic heterocycles. The number of amides is 4. The first-order valence-corrected chi connectivity index (χ1v) is 10.5. The van der Waals surface area contributed by atoms with Gasteiger partial charge in [-0.25, -0.2) is 9.18 Å². The predicted molar refractivity (Wildman–Crippen MR) is 116 cm³/mol. The van der Waals surface area contributed by atoms with E-state index in [1.165, 1.54) is 24.3 Å². The monoisotopic (exact) mass is 424 g/mol. The summed E-state index contributed by atoms with van der Waals surface area (Å²) < 4.78 is 13.1. The Balaban J connectivity index is 1.36. The number of nitrogens with one attached hydrogen (secondary N) is 1. The highest BCUT2D eigenvalue weighted by Gasteiger charge is 2.24. The van der Waals surface area contributed by atoms with Gasteiger partial charge >= 0.3 is 6.03 Å². The van der Waals surface area contributed by atoms with Gasteiger partial charge in [0.2, 0.25) is 5.91 Å². The number of rotatable bonds is 3. The number of urea groups is 1. The van der Waals surface area contributed by atoms with E-state index in [9.17, 15) is 18.8 Å². The highest BCUT2D eigenvalue weighted by molar-refractivity contribution is 5.97. The van der Waals surface area contributed by atoms with Crippen LogP contribution in [0.25, 0.3) is 0 Å². The van der Waals surface area contributed by atoms with Gasteiger partial charge in [-0.2, -0.15) is 0 Å². The van der Waals surface area contributed by atoms with Crippen molar-refractivity contribution in [1.29, 1.82) is 0 Å². The molecule has 1 N–H and O–H groups in total. The molecule has 2 aromatic carbocycles. The molecule has 2 aromatic rings. The molecule has 162 valence electrons. The molecule has 0 saturated carbocycles. The zero-order chi connectivity index (χ0) is 21.8. The normalized spacial score (nSPS) is 16.9. The van der Waals surface area contributed by atoms with Gasteiger partial charge in [-0.3, -0.25) is 9.59 Å². The second-order valence-corrected chi connectivity index (χ2v) is 7.77. The summed E-state index contributed by atoms with van der Waals surface area (Å²) in [6, 6.07) is 12.6. The molecule has 2 heterocycles. The fourth-order valence-corrected chi connectivity index (χ4v) is 3.97. The molecule has 2 fully saturated rings. The second kappa shape index (κ2) is 9.16. The lowest BCUT2D eigenvalue weighted by atomic mass is 10.2. The number of hydrogen-bond donors (Lipinski definition) is 1. The Hall–Kier alpha value is -3.42. The SMILES string of the molecule is O=C(Nc1cccc(N2CCCC2=O)c1)N1CCCN(C(=O)c2ccc(F)cc2)CC1. The van der Waals surface area contributed by atoms with E-state index >= 15 is 0 Å². The van der Waals surface area contributed by atoms with Gasteiger partial charge in [-0.05, 0) is 55.3 Å². The standard InChI is InChI=1S/C23H25FN4O3/c24-18-9-7-17(8-10-18)22(30)26-11-3-12-27(15-14-26)23(31)25-19-4-1-5-20(16-19)28-13-2-6-21(28)29/h1,4-5,7-10,16H,2-3,6,11-15H2,(H,25,31). The van der Waals surface area contributed by atoms with E-state index in [1.54, 1.807) is 20.8 Å². The van der Waals surface area contributed by atoms with Crippen LogP contribution < -0.4 is 10.2 Å². The Morgan fingerprint density at radius 2 is 1.61 bits per heavy atom. The average Bonchev–Trinajstić information content (AvgIpc) is 3.05. The van der Waals surface area contributed by atoms with E-state index in [0.29, 0.717) is 56.8 Å². The summed E-state index contributed by atoms with van der Waals surface area (Å²) in [5.74, 6) is -0.444. The lowest BCUT2D eigenvalue weighted by Crippen LogP contribution is -2.39. The lowest BCUT2D eigenvalue weighted by Gasteiger charge is -2.23. The van der Waals surface area contributed by atoms with Crippen molar-refractivity contribution in [2.75, 3.05) is 42.9 Å². The Morgan fingerprint density at radius 3 is 2.35 bits per heavy atom. The number of benzene rings is 2. The van der Waals surface area contributed by atoms with Gasteiger partial charge in [0.1, 0.15) is 5.82 Å². The van der Waals surface area contributed by atoms with E-state index < -0.39 is 0 Å². The fourth-order valence-electron chi connectivity index (χ4n) is 3.97. The number of nitrogens with zero attached hydrogens (tertiary/aromatic N) is 3.